The van der Waals surface area contributed by atoms with E-state index < -0.39 is 9.84 Å². The molecule has 1 aromatic carbocycles. The van der Waals surface area contributed by atoms with E-state index in [0.29, 0.717) is 44.1 Å². The van der Waals surface area contributed by atoms with Crippen molar-refractivity contribution in [2.75, 3.05) is 37.1 Å². The van der Waals surface area contributed by atoms with Crippen molar-refractivity contribution >= 4 is 26.7 Å². The van der Waals surface area contributed by atoms with Crippen LogP contribution in [0.2, 0.25) is 0 Å². The molecule has 9 heteroatoms. The number of anilines is 1. The Kier molecular flexibility index (Phi) is 5.03. The highest BCUT2D eigenvalue weighted by atomic mass is 32.2. The molecule has 28 heavy (non-hydrogen) atoms. The molecule has 0 unspecified atom stereocenters. The topological polar surface area (TPSA) is 99.0 Å². The molecule has 0 aliphatic carbocycles. The lowest BCUT2D eigenvalue weighted by atomic mass is 9.82. The maximum Gasteiger partial charge on any atom is 0.168 e. The molecule has 1 N–H and O–H groups in total. The Labute approximate surface area is 163 Å². The number of hydrogen-bond acceptors (Lipinski definition) is 7. The van der Waals surface area contributed by atoms with E-state index >= 15 is 0 Å². The highest BCUT2D eigenvalue weighted by Crippen LogP contribution is 2.33. The van der Waals surface area contributed by atoms with Crippen LogP contribution in [0, 0.1) is 5.41 Å². The summed E-state index contributed by atoms with van der Waals surface area (Å²) in [5.74, 6) is 0.792. The Morgan fingerprint density at radius 2 is 1.93 bits per heavy atom. The predicted molar refractivity (Wildman–Crippen MR) is 107 cm³/mol. The fourth-order valence-corrected chi connectivity index (χ4v) is 5.25. The number of hydrogen-bond donors (Lipinski definition) is 1. The standard InChI is InChI=1S/C19H23N5O3S/c1-28(25,26)13-19(7-9-27-10-8-19)12-20-17-16-11-23-24(18(16)22-14-21-17)15-5-3-2-4-6-15/h2-6,11,14H,7-10,12-13H2,1H3,(H,20,21,22). The first-order valence-electron chi connectivity index (χ1n) is 9.19. The van der Waals surface area contributed by atoms with E-state index in [-0.39, 0.29) is 11.2 Å². The summed E-state index contributed by atoms with van der Waals surface area (Å²) in [6.07, 6.45) is 5.92. The minimum absolute atomic E-state index is 0.133. The lowest BCUT2D eigenvalue weighted by molar-refractivity contribution is 0.0315. The molecule has 0 bridgehead atoms. The van der Waals surface area contributed by atoms with Gasteiger partial charge in [-0.05, 0) is 25.0 Å². The van der Waals surface area contributed by atoms with E-state index in [1.54, 1.807) is 10.9 Å². The molecule has 0 radical (unpaired) electrons. The first-order chi connectivity index (χ1) is 13.5. The van der Waals surface area contributed by atoms with Gasteiger partial charge in [-0.15, -0.1) is 0 Å². The van der Waals surface area contributed by atoms with Gasteiger partial charge in [0.05, 0.1) is 23.0 Å². The third-order valence-corrected chi connectivity index (χ3v) is 6.26. The van der Waals surface area contributed by atoms with Gasteiger partial charge in [0, 0.05) is 31.4 Å². The maximum atomic E-state index is 12.0. The van der Waals surface area contributed by atoms with Gasteiger partial charge in [0.1, 0.15) is 22.0 Å². The van der Waals surface area contributed by atoms with Crippen molar-refractivity contribution in [3.05, 3.63) is 42.9 Å². The van der Waals surface area contributed by atoms with Gasteiger partial charge in [0.2, 0.25) is 0 Å². The molecule has 3 heterocycles. The van der Waals surface area contributed by atoms with Crippen molar-refractivity contribution < 1.29 is 13.2 Å². The normalized spacial score (nSPS) is 16.9. The Hall–Kier alpha value is -2.52. The molecule has 1 saturated heterocycles. The molecule has 148 valence electrons. The van der Waals surface area contributed by atoms with Crippen molar-refractivity contribution in [3.63, 3.8) is 0 Å². The van der Waals surface area contributed by atoms with Gasteiger partial charge >= 0.3 is 0 Å². The van der Waals surface area contributed by atoms with E-state index in [1.807, 2.05) is 30.3 Å². The van der Waals surface area contributed by atoms with Gasteiger partial charge in [-0.3, -0.25) is 0 Å². The first-order valence-corrected chi connectivity index (χ1v) is 11.3. The summed E-state index contributed by atoms with van der Waals surface area (Å²) in [4.78, 5) is 8.75. The van der Waals surface area contributed by atoms with Crippen LogP contribution in [0.3, 0.4) is 0 Å². The van der Waals surface area contributed by atoms with Gasteiger partial charge in [0.25, 0.3) is 0 Å². The largest absolute Gasteiger partial charge is 0.381 e. The second-order valence-corrected chi connectivity index (χ2v) is 9.53. The number of nitrogens with one attached hydrogen (secondary N) is 1. The summed E-state index contributed by atoms with van der Waals surface area (Å²) >= 11 is 0. The molecule has 8 nitrogen and oxygen atoms in total. The predicted octanol–water partition coefficient (Wildman–Crippen LogP) is 2.07. The number of fused-ring (bicyclic) bond motifs is 1. The summed E-state index contributed by atoms with van der Waals surface area (Å²) in [7, 11) is -3.11. The number of para-hydroxylation sites is 1. The molecule has 2 aromatic heterocycles. The van der Waals surface area contributed by atoms with Crippen LogP contribution >= 0.6 is 0 Å². The molecule has 0 atom stereocenters. The molecule has 1 fully saturated rings. The zero-order chi connectivity index (χ0) is 19.6. The molecule has 0 saturated carbocycles. The third kappa shape index (κ3) is 4.00. The van der Waals surface area contributed by atoms with Gasteiger partial charge in [-0.25, -0.2) is 23.1 Å². The summed E-state index contributed by atoms with van der Waals surface area (Å²) < 4.78 is 31.2. The summed E-state index contributed by atoms with van der Waals surface area (Å²) in [5.41, 5.74) is 1.26. The Bertz CT molecular complexity index is 1060. The van der Waals surface area contributed by atoms with Crippen LogP contribution in [0.5, 0.6) is 0 Å². The maximum absolute atomic E-state index is 12.0. The third-order valence-electron chi connectivity index (χ3n) is 5.12. The van der Waals surface area contributed by atoms with Crippen molar-refractivity contribution in [1.29, 1.82) is 0 Å². The highest BCUT2D eigenvalue weighted by molar-refractivity contribution is 7.90. The smallest absolute Gasteiger partial charge is 0.168 e. The van der Waals surface area contributed by atoms with Crippen LogP contribution in [-0.4, -0.2) is 59.9 Å². The molecular formula is C19H23N5O3S. The van der Waals surface area contributed by atoms with Crippen molar-refractivity contribution in [3.8, 4) is 5.69 Å². The number of sulfone groups is 1. The fraction of sp³-hybridized carbons (Fsp3) is 0.421. The minimum Gasteiger partial charge on any atom is -0.381 e. The molecule has 0 spiro atoms. The average molecular weight is 401 g/mol. The van der Waals surface area contributed by atoms with Crippen LogP contribution in [0.4, 0.5) is 5.82 Å². The minimum atomic E-state index is -3.11. The number of nitrogens with zero attached hydrogens (tertiary/aromatic N) is 4. The number of benzene rings is 1. The molecule has 3 aromatic rings. The second-order valence-electron chi connectivity index (χ2n) is 7.39. The zero-order valence-electron chi connectivity index (χ0n) is 15.7. The van der Waals surface area contributed by atoms with Crippen LogP contribution in [0.15, 0.2) is 42.9 Å². The van der Waals surface area contributed by atoms with E-state index in [1.165, 1.54) is 12.6 Å². The van der Waals surface area contributed by atoms with Crippen molar-refractivity contribution in [1.82, 2.24) is 19.7 Å². The van der Waals surface area contributed by atoms with Gasteiger partial charge in [-0.1, -0.05) is 18.2 Å². The van der Waals surface area contributed by atoms with Gasteiger partial charge in [0.15, 0.2) is 5.65 Å². The van der Waals surface area contributed by atoms with E-state index in [9.17, 15) is 8.42 Å². The van der Waals surface area contributed by atoms with Gasteiger partial charge in [-0.2, -0.15) is 5.10 Å². The molecule has 1 aliphatic rings. The van der Waals surface area contributed by atoms with Gasteiger partial charge < -0.3 is 10.1 Å². The number of rotatable bonds is 6. The average Bonchev–Trinajstić information content (AvgIpc) is 3.11. The van der Waals surface area contributed by atoms with E-state index in [4.69, 9.17) is 4.74 Å². The molecule has 1 aliphatic heterocycles. The Morgan fingerprint density at radius 1 is 1.18 bits per heavy atom. The van der Waals surface area contributed by atoms with Crippen molar-refractivity contribution in [2.24, 2.45) is 5.41 Å². The van der Waals surface area contributed by atoms with Crippen LogP contribution in [-0.2, 0) is 14.6 Å². The summed E-state index contributed by atoms with van der Waals surface area (Å²) in [6.45, 7) is 1.65. The second kappa shape index (κ2) is 7.48. The quantitative estimate of drug-likeness (QED) is 0.675. The Balaban J connectivity index is 1.62. The summed E-state index contributed by atoms with van der Waals surface area (Å²) in [6, 6.07) is 9.77. The highest BCUT2D eigenvalue weighted by Gasteiger charge is 2.36. The first kappa shape index (κ1) is 18.8. The monoisotopic (exact) mass is 401 g/mol. The molecular weight excluding hydrogens is 378 g/mol. The Morgan fingerprint density at radius 3 is 2.64 bits per heavy atom. The fourth-order valence-electron chi connectivity index (χ4n) is 3.75. The molecule has 4 rings (SSSR count). The van der Waals surface area contributed by atoms with Crippen molar-refractivity contribution in [2.45, 2.75) is 12.8 Å². The SMILES string of the molecule is CS(=O)(=O)CC1(CNc2ncnc3c2cnn3-c2ccccc2)CCOCC1. The van der Waals surface area contributed by atoms with E-state index in [2.05, 4.69) is 20.4 Å². The lowest BCUT2D eigenvalue weighted by Gasteiger charge is -2.36. The van der Waals surface area contributed by atoms with E-state index in [0.717, 1.165) is 11.1 Å². The van der Waals surface area contributed by atoms with Crippen LogP contribution < -0.4 is 5.32 Å². The summed E-state index contributed by atoms with van der Waals surface area (Å²) in [5, 5.41) is 8.62. The number of ether oxygens (including phenoxy) is 1. The number of aromatic nitrogens is 4. The lowest BCUT2D eigenvalue weighted by Crippen LogP contribution is -2.41. The van der Waals surface area contributed by atoms with Crippen LogP contribution in [0.25, 0.3) is 16.7 Å². The molecule has 0 amide bonds. The van der Waals surface area contributed by atoms with Crippen LogP contribution in [0.1, 0.15) is 12.8 Å². The zero-order valence-corrected chi connectivity index (χ0v) is 16.5.